The van der Waals surface area contributed by atoms with E-state index in [1.807, 2.05) is 16.3 Å². The number of likely N-dealkylation sites (tertiary alicyclic amines) is 1. The van der Waals surface area contributed by atoms with Gasteiger partial charge in [0, 0.05) is 31.6 Å². The first-order chi connectivity index (χ1) is 10.1. The topological polar surface area (TPSA) is 32.8 Å². The molecule has 0 N–H and O–H groups in total. The fourth-order valence-electron chi connectivity index (χ4n) is 3.66. The summed E-state index contributed by atoms with van der Waals surface area (Å²) in [5.41, 5.74) is 1.23. The first-order valence-electron chi connectivity index (χ1n) is 7.64. The highest BCUT2D eigenvalue weighted by molar-refractivity contribution is 7.07. The van der Waals surface area contributed by atoms with Crippen LogP contribution >= 0.6 is 11.3 Å². The first kappa shape index (κ1) is 15.0. The first-order valence-corrected chi connectivity index (χ1v) is 8.58. The molecule has 0 bridgehead atoms. The van der Waals surface area contributed by atoms with E-state index in [9.17, 15) is 4.79 Å². The molecule has 3 heterocycles. The maximum atomic E-state index is 12.6. The molecule has 1 amide bonds. The Morgan fingerprint density at radius 3 is 3.05 bits per heavy atom. The SMILES string of the molecule is C[C@@H]1CN(C)C[C@]12COCCN(C(=O)Cc1ccsc1)C2. The van der Waals surface area contributed by atoms with Gasteiger partial charge in [-0.1, -0.05) is 6.92 Å². The number of ether oxygens (including phenoxy) is 1. The van der Waals surface area contributed by atoms with Crippen LogP contribution in [0.2, 0.25) is 0 Å². The second-order valence-electron chi connectivity index (χ2n) is 6.64. The van der Waals surface area contributed by atoms with Crippen LogP contribution in [-0.2, 0) is 16.0 Å². The lowest BCUT2D eigenvalue weighted by atomic mass is 9.79. The molecule has 0 aliphatic carbocycles. The molecule has 21 heavy (non-hydrogen) atoms. The lowest BCUT2D eigenvalue weighted by molar-refractivity contribution is -0.131. The largest absolute Gasteiger partial charge is 0.379 e. The third-order valence-electron chi connectivity index (χ3n) is 4.90. The van der Waals surface area contributed by atoms with E-state index in [0.29, 0.717) is 18.9 Å². The summed E-state index contributed by atoms with van der Waals surface area (Å²) in [7, 11) is 2.16. The Balaban J connectivity index is 1.71. The van der Waals surface area contributed by atoms with Crippen LogP contribution in [0.25, 0.3) is 0 Å². The average molecular weight is 308 g/mol. The van der Waals surface area contributed by atoms with Gasteiger partial charge in [-0.05, 0) is 35.4 Å². The molecule has 0 aromatic carbocycles. The lowest BCUT2D eigenvalue weighted by Crippen LogP contribution is -2.46. The summed E-state index contributed by atoms with van der Waals surface area (Å²) in [6.07, 6.45) is 0.518. The van der Waals surface area contributed by atoms with Crippen LogP contribution in [0.5, 0.6) is 0 Å². The molecule has 1 aromatic rings. The number of nitrogens with zero attached hydrogens (tertiary/aromatic N) is 2. The fraction of sp³-hybridized carbons (Fsp3) is 0.688. The normalized spacial score (nSPS) is 30.8. The highest BCUT2D eigenvalue weighted by atomic mass is 32.1. The van der Waals surface area contributed by atoms with Gasteiger partial charge in [-0.3, -0.25) is 4.79 Å². The van der Waals surface area contributed by atoms with Gasteiger partial charge in [-0.15, -0.1) is 0 Å². The second kappa shape index (κ2) is 6.07. The third-order valence-corrected chi connectivity index (χ3v) is 5.64. The van der Waals surface area contributed by atoms with E-state index in [1.54, 1.807) is 11.3 Å². The van der Waals surface area contributed by atoms with Crippen molar-refractivity contribution in [2.45, 2.75) is 13.3 Å². The molecule has 1 spiro atoms. The highest BCUT2D eigenvalue weighted by Gasteiger charge is 2.46. The molecule has 0 radical (unpaired) electrons. The molecule has 116 valence electrons. The van der Waals surface area contributed by atoms with Crippen molar-refractivity contribution in [1.29, 1.82) is 0 Å². The number of thiophene rings is 1. The summed E-state index contributed by atoms with van der Waals surface area (Å²) in [5.74, 6) is 0.803. The second-order valence-corrected chi connectivity index (χ2v) is 7.42. The van der Waals surface area contributed by atoms with Crippen molar-refractivity contribution in [2.75, 3.05) is 46.4 Å². The third kappa shape index (κ3) is 3.15. The smallest absolute Gasteiger partial charge is 0.227 e. The van der Waals surface area contributed by atoms with Gasteiger partial charge in [-0.2, -0.15) is 11.3 Å². The van der Waals surface area contributed by atoms with E-state index in [2.05, 4.69) is 24.3 Å². The van der Waals surface area contributed by atoms with Crippen molar-refractivity contribution < 1.29 is 9.53 Å². The molecular formula is C16H24N2O2S. The van der Waals surface area contributed by atoms with Crippen LogP contribution in [0.3, 0.4) is 0 Å². The van der Waals surface area contributed by atoms with Crippen LogP contribution < -0.4 is 0 Å². The monoisotopic (exact) mass is 308 g/mol. The van der Waals surface area contributed by atoms with E-state index in [1.165, 1.54) is 0 Å². The molecule has 1 aromatic heterocycles. The van der Waals surface area contributed by atoms with E-state index in [-0.39, 0.29) is 11.3 Å². The number of hydrogen-bond acceptors (Lipinski definition) is 4. The van der Waals surface area contributed by atoms with Crippen LogP contribution in [0.1, 0.15) is 12.5 Å². The molecular weight excluding hydrogens is 284 g/mol. The van der Waals surface area contributed by atoms with Crippen molar-refractivity contribution >= 4 is 17.2 Å². The Labute approximate surface area is 130 Å². The Bertz CT molecular complexity index is 490. The summed E-state index contributed by atoms with van der Waals surface area (Å²) in [6, 6.07) is 2.04. The van der Waals surface area contributed by atoms with Crippen molar-refractivity contribution in [3.8, 4) is 0 Å². The van der Waals surface area contributed by atoms with Crippen LogP contribution in [0, 0.1) is 11.3 Å². The molecule has 0 unspecified atom stereocenters. The Hall–Kier alpha value is -0.910. The minimum Gasteiger partial charge on any atom is -0.379 e. The van der Waals surface area contributed by atoms with Crippen molar-refractivity contribution in [3.63, 3.8) is 0 Å². The van der Waals surface area contributed by atoms with E-state index < -0.39 is 0 Å². The number of hydrogen-bond donors (Lipinski definition) is 0. The van der Waals surface area contributed by atoms with Gasteiger partial charge >= 0.3 is 0 Å². The molecule has 0 saturated carbocycles. The summed E-state index contributed by atoms with van der Waals surface area (Å²) < 4.78 is 5.85. The Morgan fingerprint density at radius 2 is 2.38 bits per heavy atom. The van der Waals surface area contributed by atoms with Gasteiger partial charge in [0.1, 0.15) is 0 Å². The zero-order chi connectivity index (χ0) is 14.9. The maximum absolute atomic E-state index is 12.6. The molecule has 2 aliphatic heterocycles. The highest BCUT2D eigenvalue weighted by Crippen LogP contribution is 2.37. The minimum absolute atomic E-state index is 0.107. The summed E-state index contributed by atoms with van der Waals surface area (Å²) in [5, 5.41) is 4.09. The van der Waals surface area contributed by atoms with E-state index >= 15 is 0 Å². The van der Waals surface area contributed by atoms with Crippen LogP contribution in [-0.4, -0.2) is 62.1 Å². The van der Waals surface area contributed by atoms with Gasteiger partial charge in [0.2, 0.25) is 5.91 Å². The van der Waals surface area contributed by atoms with Gasteiger partial charge in [0.05, 0.1) is 19.6 Å². The van der Waals surface area contributed by atoms with Crippen LogP contribution in [0.4, 0.5) is 0 Å². The molecule has 3 rings (SSSR count). The molecule has 2 aliphatic rings. The van der Waals surface area contributed by atoms with Gasteiger partial charge in [0.25, 0.3) is 0 Å². The molecule has 4 nitrogen and oxygen atoms in total. The Kier molecular flexibility index (Phi) is 4.33. The van der Waals surface area contributed by atoms with Gasteiger partial charge < -0.3 is 14.5 Å². The number of amides is 1. The predicted molar refractivity (Wildman–Crippen MR) is 84.5 cm³/mol. The quantitative estimate of drug-likeness (QED) is 0.834. The van der Waals surface area contributed by atoms with Crippen molar-refractivity contribution in [1.82, 2.24) is 9.80 Å². The van der Waals surface area contributed by atoms with Crippen molar-refractivity contribution in [2.24, 2.45) is 11.3 Å². The maximum Gasteiger partial charge on any atom is 0.227 e. The van der Waals surface area contributed by atoms with Crippen molar-refractivity contribution in [3.05, 3.63) is 22.4 Å². The molecule has 2 saturated heterocycles. The fourth-order valence-corrected chi connectivity index (χ4v) is 4.33. The standard InChI is InChI=1S/C16H24N2O2S/c1-13-8-17(2)10-16(13)11-18(4-5-20-12-16)15(19)7-14-3-6-21-9-14/h3,6,9,13H,4-5,7-8,10-12H2,1-2H3/t13-,16+/m1/s1. The van der Waals surface area contributed by atoms with Gasteiger partial charge in [0.15, 0.2) is 0 Å². The van der Waals surface area contributed by atoms with Gasteiger partial charge in [-0.25, -0.2) is 0 Å². The number of rotatable bonds is 2. The number of carbonyl (C=O) groups is 1. The number of carbonyl (C=O) groups excluding carboxylic acids is 1. The summed E-state index contributed by atoms with van der Waals surface area (Å²) in [6.45, 7) is 7.41. The summed E-state index contributed by atoms with van der Waals surface area (Å²) in [4.78, 5) is 17.0. The minimum atomic E-state index is 0.107. The molecule has 2 fully saturated rings. The zero-order valence-corrected chi connectivity index (χ0v) is 13.7. The lowest BCUT2D eigenvalue weighted by Gasteiger charge is -2.35. The predicted octanol–water partition coefficient (Wildman–Crippen LogP) is 1.72. The van der Waals surface area contributed by atoms with E-state index in [4.69, 9.17) is 4.74 Å². The average Bonchev–Trinajstić information content (AvgIpc) is 2.95. The van der Waals surface area contributed by atoms with E-state index in [0.717, 1.165) is 38.3 Å². The zero-order valence-electron chi connectivity index (χ0n) is 12.9. The summed E-state index contributed by atoms with van der Waals surface area (Å²) >= 11 is 1.65. The molecule has 2 atom stereocenters. The Morgan fingerprint density at radius 1 is 1.52 bits per heavy atom. The van der Waals surface area contributed by atoms with Crippen LogP contribution in [0.15, 0.2) is 16.8 Å². The molecule has 5 heteroatoms.